The Kier molecular flexibility index (Phi) is 6.26. The maximum atomic E-state index is 12.8. The first kappa shape index (κ1) is 17.1. The summed E-state index contributed by atoms with van der Waals surface area (Å²) in [5, 5.41) is 15.5. The van der Waals surface area contributed by atoms with Crippen LogP contribution in [0.2, 0.25) is 0 Å². The molecule has 5 heteroatoms. The number of aliphatic hydroxyl groups excluding tert-OH is 1. The van der Waals surface area contributed by atoms with Gasteiger partial charge in [-0.1, -0.05) is 30.3 Å². The number of halogens is 1. The first-order valence-corrected chi connectivity index (χ1v) is 7.55. The zero-order chi connectivity index (χ0) is 16.7. The van der Waals surface area contributed by atoms with Crippen molar-refractivity contribution in [2.45, 2.75) is 25.4 Å². The zero-order valence-corrected chi connectivity index (χ0v) is 13.0. The molecule has 1 amide bonds. The minimum Gasteiger partial charge on any atom is -0.394 e. The number of nitrogens with one attached hydrogen (secondary N) is 2. The van der Waals surface area contributed by atoms with Gasteiger partial charge < -0.3 is 15.7 Å². The average molecular weight is 316 g/mol. The molecule has 0 radical (unpaired) electrons. The molecule has 2 rings (SSSR count). The van der Waals surface area contributed by atoms with Crippen LogP contribution in [0.25, 0.3) is 0 Å². The van der Waals surface area contributed by atoms with Gasteiger partial charge >= 0.3 is 0 Å². The molecule has 2 aromatic carbocycles. The fourth-order valence-corrected chi connectivity index (χ4v) is 2.37. The number of carbonyl (C=O) groups is 1. The van der Waals surface area contributed by atoms with Crippen molar-refractivity contribution >= 4 is 11.6 Å². The largest absolute Gasteiger partial charge is 0.394 e. The second-order valence-corrected chi connectivity index (χ2v) is 5.47. The lowest BCUT2D eigenvalue weighted by Gasteiger charge is -2.22. The topological polar surface area (TPSA) is 61.4 Å². The third-order valence-electron chi connectivity index (χ3n) is 3.49. The Labute approximate surface area is 135 Å². The van der Waals surface area contributed by atoms with E-state index < -0.39 is 0 Å². The van der Waals surface area contributed by atoms with E-state index in [9.17, 15) is 14.3 Å². The molecule has 2 atom stereocenters. The molecule has 0 aliphatic rings. The van der Waals surface area contributed by atoms with Gasteiger partial charge in [-0.15, -0.1) is 0 Å². The Balaban J connectivity index is 1.86. The summed E-state index contributed by atoms with van der Waals surface area (Å²) >= 11 is 0. The number of amides is 1. The fourth-order valence-electron chi connectivity index (χ4n) is 2.37. The Hall–Kier alpha value is -2.24. The molecule has 0 spiro atoms. The number of benzene rings is 2. The van der Waals surface area contributed by atoms with E-state index in [1.54, 1.807) is 0 Å². The SMILES string of the molecule is C[C@H](CC(=O)Nc1ccc(F)cc1)N[C@H](CO)c1ccccc1. The van der Waals surface area contributed by atoms with E-state index >= 15 is 0 Å². The summed E-state index contributed by atoms with van der Waals surface area (Å²) in [6.07, 6.45) is 0.251. The highest BCUT2D eigenvalue weighted by Crippen LogP contribution is 2.14. The molecule has 0 aliphatic carbocycles. The van der Waals surface area contributed by atoms with Crippen molar-refractivity contribution in [1.29, 1.82) is 0 Å². The summed E-state index contributed by atoms with van der Waals surface area (Å²) in [5.41, 5.74) is 1.53. The molecule has 2 aromatic rings. The number of aliphatic hydroxyl groups is 1. The van der Waals surface area contributed by atoms with E-state index in [1.807, 2.05) is 37.3 Å². The number of hydrogen-bond acceptors (Lipinski definition) is 3. The lowest BCUT2D eigenvalue weighted by atomic mass is 10.1. The van der Waals surface area contributed by atoms with E-state index in [4.69, 9.17) is 0 Å². The van der Waals surface area contributed by atoms with Crippen molar-refractivity contribution < 1.29 is 14.3 Å². The Bertz CT molecular complexity index is 617. The molecule has 0 aliphatic heterocycles. The molecule has 0 saturated carbocycles. The zero-order valence-electron chi connectivity index (χ0n) is 13.0. The second-order valence-electron chi connectivity index (χ2n) is 5.47. The van der Waals surface area contributed by atoms with Gasteiger partial charge in [-0.05, 0) is 36.8 Å². The smallest absolute Gasteiger partial charge is 0.225 e. The maximum absolute atomic E-state index is 12.8. The van der Waals surface area contributed by atoms with Gasteiger partial charge in [0.2, 0.25) is 5.91 Å². The van der Waals surface area contributed by atoms with E-state index in [0.717, 1.165) is 5.56 Å². The van der Waals surface area contributed by atoms with Crippen LogP contribution in [-0.4, -0.2) is 23.7 Å². The summed E-state index contributed by atoms with van der Waals surface area (Å²) in [5.74, 6) is -0.506. The molecule has 0 saturated heterocycles. The monoisotopic (exact) mass is 316 g/mol. The fraction of sp³-hybridized carbons (Fsp3) is 0.278. The normalized spacial score (nSPS) is 13.3. The van der Waals surface area contributed by atoms with Crippen molar-refractivity contribution in [3.05, 3.63) is 66.0 Å². The van der Waals surface area contributed by atoms with Gasteiger partial charge in [0.25, 0.3) is 0 Å². The van der Waals surface area contributed by atoms with Gasteiger partial charge in [0.1, 0.15) is 5.82 Å². The summed E-state index contributed by atoms with van der Waals surface area (Å²) in [7, 11) is 0. The number of anilines is 1. The average Bonchev–Trinajstić information content (AvgIpc) is 2.55. The quantitative estimate of drug-likeness (QED) is 0.736. The molecule has 122 valence electrons. The molecule has 4 nitrogen and oxygen atoms in total. The molecule has 0 heterocycles. The highest BCUT2D eigenvalue weighted by atomic mass is 19.1. The maximum Gasteiger partial charge on any atom is 0.225 e. The van der Waals surface area contributed by atoms with Crippen LogP contribution in [0.1, 0.15) is 24.9 Å². The molecule has 0 fully saturated rings. The first-order valence-electron chi connectivity index (χ1n) is 7.55. The summed E-state index contributed by atoms with van der Waals surface area (Å²) in [6.45, 7) is 1.84. The van der Waals surface area contributed by atoms with Crippen LogP contribution in [0.3, 0.4) is 0 Å². The molecule has 0 aromatic heterocycles. The molecular formula is C18H21FN2O2. The third-order valence-corrected chi connectivity index (χ3v) is 3.49. The Morgan fingerprint density at radius 1 is 1.13 bits per heavy atom. The minimum atomic E-state index is -0.341. The van der Waals surface area contributed by atoms with Gasteiger partial charge in [0.05, 0.1) is 12.6 Å². The van der Waals surface area contributed by atoms with E-state index in [0.29, 0.717) is 5.69 Å². The standard InChI is InChI=1S/C18H21FN2O2/c1-13(20-17(12-22)14-5-3-2-4-6-14)11-18(23)21-16-9-7-15(19)8-10-16/h2-10,13,17,20,22H,11-12H2,1H3,(H,21,23)/t13-,17-/m1/s1. The van der Waals surface area contributed by atoms with Crippen LogP contribution in [0.15, 0.2) is 54.6 Å². The van der Waals surface area contributed by atoms with Crippen molar-refractivity contribution in [2.75, 3.05) is 11.9 Å². The molecule has 0 bridgehead atoms. The molecular weight excluding hydrogens is 295 g/mol. The molecule has 0 unspecified atom stereocenters. The van der Waals surface area contributed by atoms with Crippen LogP contribution in [0.5, 0.6) is 0 Å². The summed E-state index contributed by atoms with van der Waals surface area (Å²) < 4.78 is 12.8. The number of hydrogen-bond donors (Lipinski definition) is 3. The highest BCUT2D eigenvalue weighted by Gasteiger charge is 2.15. The lowest BCUT2D eigenvalue weighted by Crippen LogP contribution is -2.35. The van der Waals surface area contributed by atoms with Gasteiger partial charge in [-0.3, -0.25) is 4.79 Å². The second kappa shape index (κ2) is 8.41. The predicted octanol–water partition coefficient (Wildman–Crippen LogP) is 2.87. The van der Waals surface area contributed by atoms with Crippen LogP contribution < -0.4 is 10.6 Å². The van der Waals surface area contributed by atoms with Crippen LogP contribution in [0, 0.1) is 5.82 Å². The predicted molar refractivity (Wildman–Crippen MR) is 88.5 cm³/mol. The van der Waals surface area contributed by atoms with Gasteiger partial charge in [0.15, 0.2) is 0 Å². The van der Waals surface area contributed by atoms with Crippen molar-refractivity contribution in [2.24, 2.45) is 0 Å². The van der Waals surface area contributed by atoms with Crippen LogP contribution in [0.4, 0.5) is 10.1 Å². The van der Waals surface area contributed by atoms with Gasteiger partial charge in [-0.25, -0.2) is 4.39 Å². The third kappa shape index (κ3) is 5.47. The minimum absolute atomic E-state index is 0.0477. The number of rotatable bonds is 7. The Morgan fingerprint density at radius 2 is 1.78 bits per heavy atom. The van der Waals surface area contributed by atoms with Crippen LogP contribution >= 0.6 is 0 Å². The number of carbonyl (C=O) groups excluding carboxylic acids is 1. The van der Waals surface area contributed by atoms with E-state index in [-0.39, 0.29) is 36.8 Å². The van der Waals surface area contributed by atoms with Crippen molar-refractivity contribution in [1.82, 2.24) is 5.32 Å². The Morgan fingerprint density at radius 3 is 2.39 bits per heavy atom. The van der Waals surface area contributed by atoms with Crippen LogP contribution in [-0.2, 0) is 4.79 Å². The summed E-state index contributed by atoms with van der Waals surface area (Å²) in [4.78, 5) is 12.0. The summed E-state index contributed by atoms with van der Waals surface area (Å²) in [6, 6.07) is 14.9. The lowest BCUT2D eigenvalue weighted by molar-refractivity contribution is -0.116. The van der Waals surface area contributed by atoms with Crippen molar-refractivity contribution in [3.8, 4) is 0 Å². The van der Waals surface area contributed by atoms with E-state index in [1.165, 1.54) is 24.3 Å². The van der Waals surface area contributed by atoms with Gasteiger partial charge in [-0.2, -0.15) is 0 Å². The first-order chi connectivity index (χ1) is 11.1. The van der Waals surface area contributed by atoms with Crippen molar-refractivity contribution in [3.63, 3.8) is 0 Å². The molecule has 23 heavy (non-hydrogen) atoms. The van der Waals surface area contributed by atoms with Gasteiger partial charge in [0, 0.05) is 18.2 Å². The molecule has 3 N–H and O–H groups in total. The van der Waals surface area contributed by atoms with E-state index in [2.05, 4.69) is 10.6 Å². The highest BCUT2D eigenvalue weighted by molar-refractivity contribution is 5.91.